The highest BCUT2D eigenvalue weighted by Gasteiger charge is 2.04. The number of benzene rings is 1. The van der Waals surface area contributed by atoms with Crippen LogP contribution in [0.15, 0.2) is 35.4 Å². The van der Waals surface area contributed by atoms with E-state index in [2.05, 4.69) is 12.2 Å². The molecule has 3 heteroatoms. The van der Waals surface area contributed by atoms with Crippen LogP contribution in [0.4, 0.5) is 0 Å². The van der Waals surface area contributed by atoms with E-state index in [1.165, 1.54) is 5.56 Å². The van der Waals surface area contributed by atoms with Gasteiger partial charge in [0, 0.05) is 18.2 Å². The number of aryl methyl sites for hydroxylation is 1. The van der Waals surface area contributed by atoms with Crippen molar-refractivity contribution in [1.82, 2.24) is 5.32 Å². The molecule has 1 aromatic carbocycles. The summed E-state index contributed by atoms with van der Waals surface area (Å²) < 4.78 is 0. The number of allylic oxidation sites excluding steroid dienone is 1. The van der Waals surface area contributed by atoms with Crippen molar-refractivity contribution < 1.29 is 4.79 Å². The minimum absolute atomic E-state index is 0.0587. The highest BCUT2D eigenvalue weighted by atomic mass is 32.2. The maximum Gasteiger partial charge on any atom is 0.188 e. The third-order valence-corrected chi connectivity index (χ3v) is 3.35. The van der Waals surface area contributed by atoms with Crippen molar-refractivity contribution in [3.63, 3.8) is 0 Å². The van der Waals surface area contributed by atoms with Gasteiger partial charge in [-0.3, -0.25) is 4.79 Å². The van der Waals surface area contributed by atoms with E-state index in [0.717, 1.165) is 30.0 Å². The normalized spacial score (nSPS) is 11.4. The van der Waals surface area contributed by atoms with Gasteiger partial charge in [0.05, 0.1) is 5.03 Å². The van der Waals surface area contributed by atoms with Gasteiger partial charge in [0.1, 0.15) is 0 Å². The Hall–Kier alpha value is -1.22. The van der Waals surface area contributed by atoms with Crippen molar-refractivity contribution >= 4 is 17.5 Å². The van der Waals surface area contributed by atoms with E-state index in [1.54, 1.807) is 17.8 Å². The van der Waals surface area contributed by atoms with E-state index in [1.807, 2.05) is 37.4 Å². The molecule has 0 bridgehead atoms. The minimum atomic E-state index is 0.0587. The van der Waals surface area contributed by atoms with Crippen molar-refractivity contribution in [2.75, 3.05) is 12.8 Å². The minimum Gasteiger partial charge on any atom is -0.380 e. The lowest BCUT2D eigenvalue weighted by Gasteiger charge is -2.07. The van der Waals surface area contributed by atoms with Gasteiger partial charge in [-0.2, -0.15) is 0 Å². The Labute approximate surface area is 114 Å². The van der Waals surface area contributed by atoms with Crippen LogP contribution < -0.4 is 5.32 Å². The smallest absolute Gasteiger partial charge is 0.188 e. The monoisotopic (exact) mass is 263 g/mol. The summed E-state index contributed by atoms with van der Waals surface area (Å²) in [5.74, 6) is 0.0587. The summed E-state index contributed by atoms with van der Waals surface area (Å²) in [6, 6.07) is 7.67. The van der Waals surface area contributed by atoms with Crippen LogP contribution in [0.25, 0.3) is 0 Å². The number of rotatable bonds is 7. The molecule has 0 spiro atoms. The molecule has 0 atom stereocenters. The molecule has 0 saturated heterocycles. The Kier molecular flexibility index (Phi) is 6.58. The first-order chi connectivity index (χ1) is 8.67. The molecule has 0 heterocycles. The summed E-state index contributed by atoms with van der Waals surface area (Å²) in [6.45, 7) is 5.09. The van der Waals surface area contributed by atoms with E-state index in [-0.39, 0.29) is 5.78 Å². The molecular formula is C15H21NOS. The SMILES string of the molecule is CCCCN/C(=C/C(=O)c1ccc(C)cc1)SC. The Balaban J connectivity index is 2.67. The van der Waals surface area contributed by atoms with Crippen molar-refractivity contribution in [1.29, 1.82) is 0 Å². The van der Waals surface area contributed by atoms with Crippen LogP contribution in [0.2, 0.25) is 0 Å². The summed E-state index contributed by atoms with van der Waals surface area (Å²) in [4.78, 5) is 12.0. The summed E-state index contributed by atoms with van der Waals surface area (Å²) >= 11 is 1.58. The standard InChI is InChI=1S/C15H21NOS/c1-4-5-10-16-15(18-3)11-14(17)13-8-6-12(2)7-9-13/h6-9,11,16H,4-5,10H2,1-3H3/b15-11-. The van der Waals surface area contributed by atoms with Gasteiger partial charge in [-0.1, -0.05) is 43.2 Å². The second kappa shape index (κ2) is 7.98. The molecule has 98 valence electrons. The van der Waals surface area contributed by atoms with Crippen molar-refractivity contribution in [3.05, 3.63) is 46.5 Å². The van der Waals surface area contributed by atoms with Crippen LogP contribution in [0, 0.1) is 6.92 Å². The fraction of sp³-hybridized carbons (Fsp3) is 0.400. The maximum atomic E-state index is 12.0. The van der Waals surface area contributed by atoms with E-state index in [0.29, 0.717) is 0 Å². The second-order valence-electron chi connectivity index (χ2n) is 4.22. The molecule has 0 aromatic heterocycles. The van der Waals surface area contributed by atoms with Crippen molar-refractivity contribution in [2.24, 2.45) is 0 Å². The van der Waals surface area contributed by atoms with Crippen LogP contribution in [0.5, 0.6) is 0 Å². The first-order valence-electron chi connectivity index (χ1n) is 6.28. The number of carbonyl (C=O) groups is 1. The molecular weight excluding hydrogens is 242 g/mol. The van der Waals surface area contributed by atoms with Crippen LogP contribution in [0.1, 0.15) is 35.7 Å². The summed E-state index contributed by atoms with van der Waals surface area (Å²) in [6.07, 6.45) is 5.94. The van der Waals surface area contributed by atoms with Crippen LogP contribution in [0.3, 0.4) is 0 Å². The Bertz CT molecular complexity index is 409. The number of ketones is 1. The molecule has 0 amide bonds. The van der Waals surface area contributed by atoms with Gasteiger partial charge in [-0.15, -0.1) is 11.8 Å². The van der Waals surface area contributed by atoms with Crippen molar-refractivity contribution in [3.8, 4) is 0 Å². The van der Waals surface area contributed by atoms with E-state index < -0.39 is 0 Å². The zero-order chi connectivity index (χ0) is 13.4. The average molecular weight is 263 g/mol. The Morgan fingerprint density at radius 3 is 2.56 bits per heavy atom. The summed E-state index contributed by atoms with van der Waals surface area (Å²) in [7, 11) is 0. The van der Waals surface area contributed by atoms with Gasteiger partial charge in [0.15, 0.2) is 5.78 Å². The molecule has 2 nitrogen and oxygen atoms in total. The van der Waals surface area contributed by atoms with Crippen molar-refractivity contribution in [2.45, 2.75) is 26.7 Å². The zero-order valence-electron chi connectivity index (χ0n) is 11.3. The lowest BCUT2D eigenvalue weighted by atomic mass is 10.1. The molecule has 0 aliphatic carbocycles. The molecule has 0 aliphatic rings. The maximum absolute atomic E-state index is 12.0. The molecule has 0 fully saturated rings. The number of carbonyl (C=O) groups excluding carboxylic acids is 1. The van der Waals surface area contributed by atoms with Crippen LogP contribution in [-0.2, 0) is 0 Å². The van der Waals surface area contributed by atoms with Gasteiger partial charge < -0.3 is 5.32 Å². The first-order valence-corrected chi connectivity index (χ1v) is 7.50. The van der Waals surface area contributed by atoms with Gasteiger partial charge in [-0.05, 0) is 19.6 Å². The van der Waals surface area contributed by atoms with Gasteiger partial charge in [-0.25, -0.2) is 0 Å². The third kappa shape index (κ3) is 4.96. The molecule has 0 unspecified atom stereocenters. The molecule has 1 aromatic rings. The molecule has 1 N–H and O–H groups in total. The first kappa shape index (κ1) is 14.8. The third-order valence-electron chi connectivity index (χ3n) is 2.65. The topological polar surface area (TPSA) is 29.1 Å². The van der Waals surface area contributed by atoms with Gasteiger partial charge >= 0.3 is 0 Å². The summed E-state index contributed by atoms with van der Waals surface area (Å²) in [5.41, 5.74) is 1.91. The predicted octanol–water partition coefficient (Wildman–Crippen LogP) is 3.77. The number of hydrogen-bond acceptors (Lipinski definition) is 3. The highest BCUT2D eigenvalue weighted by Crippen LogP contribution is 2.11. The van der Waals surface area contributed by atoms with Crippen LogP contribution in [-0.4, -0.2) is 18.6 Å². The number of thioether (sulfide) groups is 1. The second-order valence-corrected chi connectivity index (χ2v) is 5.07. The molecule has 1 rings (SSSR count). The summed E-state index contributed by atoms with van der Waals surface area (Å²) in [5, 5.41) is 4.22. The van der Waals surface area contributed by atoms with E-state index in [4.69, 9.17) is 0 Å². The molecule has 0 saturated carbocycles. The lowest BCUT2D eigenvalue weighted by molar-refractivity contribution is 0.104. The quantitative estimate of drug-likeness (QED) is 0.461. The Morgan fingerprint density at radius 1 is 1.33 bits per heavy atom. The molecule has 0 radical (unpaired) electrons. The van der Waals surface area contributed by atoms with Gasteiger partial charge in [0.2, 0.25) is 0 Å². The number of hydrogen-bond donors (Lipinski definition) is 1. The number of nitrogens with one attached hydrogen (secondary N) is 1. The van der Waals surface area contributed by atoms with Crippen LogP contribution >= 0.6 is 11.8 Å². The largest absolute Gasteiger partial charge is 0.380 e. The molecule has 0 aliphatic heterocycles. The predicted molar refractivity (Wildman–Crippen MR) is 80.0 cm³/mol. The average Bonchev–Trinajstić information content (AvgIpc) is 2.38. The van der Waals surface area contributed by atoms with E-state index in [9.17, 15) is 4.79 Å². The van der Waals surface area contributed by atoms with Gasteiger partial charge in [0.25, 0.3) is 0 Å². The fourth-order valence-corrected chi connectivity index (χ4v) is 1.96. The fourth-order valence-electron chi connectivity index (χ4n) is 1.49. The Morgan fingerprint density at radius 2 is 2.00 bits per heavy atom. The zero-order valence-corrected chi connectivity index (χ0v) is 12.1. The molecule has 18 heavy (non-hydrogen) atoms. The highest BCUT2D eigenvalue weighted by molar-refractivity contribution is 8.02. The lowest BCUT2D eigenvalue weighted by Crippen LogP contribution is -2.13. The van der Waals surface area contributed by atoms with E-state index >= 15 is 0 Å². The number of unbranched alkanes of at least 4 members (excludes halogenated alkanes) is 1.